The lowest BCUT2D eigenvalue weighted by molar-refractivity contribution is -0.361. The maximum Gasteiger partial charge on any atom is 0.739 e. The van der Waals surface area contributed by atoms with Gasteiger partial charge in [0.1, 0.15) is 0 Å². The second-order valence-electron chi connectivity index (χ2n) is 17.4. The lowest BCUT2D eigenvalue weighted by Crippen LogP contribution is -2.51. The number of allylic oxidation sites excluding steroid dienone is 4. The van der Waals surface area contributed by atoms with Crippen molar-refractivity contribution in [3.8, 4) is 0 Å². The van der Waals surface area contributed by atoms with E-state index in [-0.39, 0.29) is 94.8 Å². The summed E-state index contributed by atoms with van der Waals surface area (Å²) in [5, 5.41) is -0.472. The number of carbonyl (C=O) groups is 4. The van der Waals surface area contributed by atoms with E-state index >= 15 is 17.3 Å². The summed E-state index contributed by atoms with van der Waals surface area (Å²) < 4.78 is 87.8. The van der Waals surface area contributed by atoms with E-state index in [4.69, 9.17) is 65.4 Å². The fourth-order valence-corrected chi connectivity index (χ4v) is 11.2. The van der Waals surface area contributed by atoms with Gasteiger partial charge in [0, 0.05) is 59.4 Å². The zero-order chi connectivity index (χ0) is 52.7. The number of hydrogen-bond donors (Lipinski definition) is 0. The lowest BCUT2D eigenvalue weighted by Gasteiger charge is -2.33. The Morgan fingerprint density at radius 3 is 1.08 bits per heavy atom. The number of hydrogen-bond acceptors (Lipinski definition) is 8. The van der Waals surface area contributed by atoms with E-state index < -0.39 is 37.8 Å². The van der Waals surface area contributed by atoms with E-state index in [1.54, 1.807) is 27.7 Å². The van der Waals surface area contributed by atoms with Crippen LogP contribution in [0.15, 0.2) is 94.4 Å². The molecule has 8 rings (SSSR count). The smallest absolute Gasteiger partial charge is 0.469 e. The van der Waals surface area contributed by atoms with E-state index in [1.165, 1.54) is 28.4 Å². The molecular weight excluding hydrogens is 1020 g/mol. The SMILES string of the molecule is COC(=O)CCC1=C(C)C(Cl)=[N+]2C1=C(c1ccccc1)c1c(CCC(=O)OC)c(C)c(Cl)n1[B-]2(F)F.COC(=O)CCC1=C(C)C(Cl)=[N+]2C1=C(c1ccccc1)c1c(CCC(=O)OC)c(C)c(Cl)n1[B-]2(F)F. The first-order chi connectivity index (χ1) is 34.1. The van der Waals surface area contributed by atoms with Gasteiger partial charge in [-0.25, -0.2) is 0 Å². The summed E-state index contributed by atoms with van der Waals surface area (Å²) >= 11 is 26.2. The molecule has 4 aliphatic rings. The van der Waals surface area contributed by atoms with E-state index in [2.05, 4.69) is 0 Å². The van der Waals surface area contributed by atoms with Gasteiger partial charge in [0.15, 0.2) is 11.4 Å². The molecule has 0 radical (unpaired) electrons. The van der Waals surface area contributed by atoms with Gasteiger partial charge in [-0.05, 0) is 110 Å². The molecule has 0 N–H and O–H groups in total. The average molecular weight is 1070 g/mol. The van der Waals surface area contributed by atoms with Crippen molar-refractivity contribution in [3.63, 3.8) is 0 Å². The summed E-state index contributed by atoms with van der Waals surface area (Å²) in [6.45, 7) is -2.35. The van der Waals surface area contributed by atoms with Crippen LogP contribution in [0.2, 0.25) is 10.3 Å². The van der Waals surface area contributed by atoms with Gasteiger partial charge >= 0.3 is 37.8 Å². The number of aromatic nitrogens is 2. The average Bonchev–Trinajstić information content (AvgIpc) is 3.98. The predicted octanol–water partition coefficient (Wildman–Crippen LogP) is 11.0. The highest BCUT2D eigenvalue weighted by Gasteiger charge is 2.59. The highest BCUT2D eigenvalue weighted by atomic mass is 35.5. The minimum atomic E-state index is -4.50. The van der Waals surface area contributed by atoms with E-state index in [1.807, 2.05) is 60.7 Å². The Morgan fingerprint density at radius 1 is 0.500 bits per heavy atom. The Labute approximate surface area is 433 Å². The van der Waals surface area contributed by atoms with Gasteiger partial charge in [-0.2, -0.15) is 0 Å². The van der Waals surface area contributed by atoms with Gasteiger partial charge in [-0.15, -0.1) is 0 Å². The van der Waals surface area contributed by atoms with Crippen LogP contribution < -0.4 is 0 Å². The Balaban J connectivity index is 0.000000211. The Morgan fingerprint density at radius 2 is 0.792 bits per heavy atom. The number of ether oxygens (including phenoxy) is 4. The molecule has 0 saturated heterocycles. The molecule has 0 saturated carbocycles. The van der Waals surface area contributed by atoms with Gasteiger partial charge in [-0.1, -0.05) is 83.9 Å². The number of rotatable bonds is 14. The van der Waals surface area contributed by atoms with Gasteiger partial charge < -0.3 is 54.1 Å². The van der Waals surface area contributed by atoms with Crippen LogP contribution in [0.1, 0.15) is 97.1 Å². The number of halogens is 8. The molecule has 6 heterocycles. The first-order valence-electron chi connectivity index (χ1n) is 22.9. The number of nitrogens with zero attached hydrogens (tertiary/aromatic N) is 4. The van der Waals surface area contributed by atoms with Crippen molar-refractivity contribution in [2.45, 2.75) is 79.1 Å². The minimum absolute atomic E-state index is 0.00131. The van der Waals surface area contributed by atoms with Crippen LogP contribution in [0.25, 0.3) is 11.1 Å². The minimum Gasteiger partial charge on any atom is -0.469 e. The molecule has 0 atom stereocenters. The van der Waals surface area contributed by atoms with Crippen LogP contribution in [0.5, 0.6) is 0 Å². The van der Waals surface area contributed by atoms with Crippen LogP contribution in [-0.2, 0) is 51.0 Å². The molecule has 0 fully saturated rings. The van der Waals surface area contributed by atoms with Gasteiger partial charge in [0.25, 0.3) is 0 Å². The number of fused-ring (bicyclic) bond motifs is 4. The number of carbonyl (C=O) groups excluding carboxylic acids is 4. The highest BCUT2D eigenvalue weighted by molar-refractivity contribution is 6.73. The van der Waals surface area contributed by atoms with Crippen molar-refractivity contribution in [3.05, 3.63) is 149 Å². The van der Waals surface area contributed by atoms with Crippen molar-refractivity contribution in [2.24, 2.45) is 0 Å². The molecule has 0 bridgehead atoms. The summed E-state index contributed by atoms with van der Waals surface area (Å²) in [5.41, 5.74) is 7.27. The van der Waals surface area contributed by atoms with Gasteiger partial charge in [0.2, 0.25) is 10.3 Å². The molecule has 12 nitrogen and oxygen atoms in total. The second-order valence-corrected chi connectivity index (χ2v) is 18.8. The summed E-state index contributed by atoms with van der Waals surface area (Å²) in [6.07, 6.45) is 0.648. The summed E-state index contributed by atoms with van der Waals surface area (Å²) in [7, 11) is 5.12. The molecule has 4 aromatic rings. The molecule has 0 unspecified atom stereocenters. The second kappa shape index (κ2) is 21.3. The van der Waals surface area contributed by atoms with Crippen molar-refractivity contribution in [2.75, 3.05) is 28.4 Å². The monoisotopic (exact) mass is 1070 g/mol. The largest absolute Gasteiger partial charge is 0.739 e. The molecule has 0 aliphatic carbocycles. The summed E-state index contributed by atoms with van der Waals surface area (Å²) in [5.74, 6) is -1.83. The third kappa shape index (κ3) is 9.28. The Kier molecular flexibility index (Phi) is 16.0. The molecule has 2 aromatic heterocycles. The first-order valence-corrected chi connectivity index (χ1v) is 24.4. The summed E-state index contributed by atoms with van der Waals surface area (Å²) in [6, 6.07) is 18.2. The fraction of sp³-hybridized carbons (Fsp3) is 0.320. The van der Waals surface area contributed by atoms with Gasteiger partial charge in [-0.3, -0.25) is 19.2 Å². The van der Waals surface area contributed by atoms with Crippen LogP contribution in [0.3, 0.4) is 0 Å². The molecular formula is C50H50B2Cl4F4N4O8. The quantitative estimate of drug-likeness (QED) is 0.0530. The van der Waals surface area contributed by atoms with Crippen molar-refractivity contribution in [1.82, 2.24) is 8.96 Å². The zero-order valence-electron chi connectivity index (χ0n) is 40.7. The normalized spacial score (nSPS) is 16.3. The Bertz CT molecular complexity index is 2940. The third-order valence-corrected chi connectivity index (χ3v) is 15.4. The van der Waals surface area contributed by atoms with E-state index in [0.29, 0.717) is 66.8 Å². The Hall–Kier alpha value is -5.81. The number of esters is 4. The van der Waals surface area contributed by atoms with Crippen LogP contribution in [0, 0.1) is 13.8 Å². The van der Waals surface area contributed by atoms with E-state index in [0.717, 1.165) is 17.9 Å². The van der Waals surface area contributed by atoms with E-state index in [9.17, 15) is 19.2 Å². The fourth-order valence-electron chi connectivity index (χ4n) is 9.91. The molecule has 0 amide bonds. The summed E-state index contributed by atoms with van der Waals surface area (Å²) in [4.78, 5) is 47.8. The van der Waals surface area contributed by atoms with Crippen molar-refractivity contribution >= 4 is 106 Å². The topological polar surface area (TPSA) is 121 Å². The van der Waals surface area contributed by atoms with Crippen LogP contribution in [-0.4, -0.2) is 94.5 Å². The van der Waals surface area contributed by atoms with Gasteiger partial charge in [0.05, 0.1) is 49.9 Å². The first kappa shape index (κ1) is 54.0. The highest BCUT2D eigenvalue weighted by Crippen LogP contribution is 2.51. The number of benzene rings is 2. The standard InChI is InChI=1S/2C25H25BCl2F2N2O4/c2*1-14-17(10-12-19(33)35-3)22-21(16-8-6-5-7-9-16)23-18(11-13-20(34)36-4)15(2)25(28)32(23)26(29,30)31(22)24(14)27/h2*5-9H,10-13H2,1-4H3. The maximum atomic E-state index is 16.3. The van der Waals surface area contributed by atoms with Crippen molar-refractivity contribution in [1.29, 1.82) is 0 Å². The maximum absolute atomic E-state index is 16.3. The molecule has 22 heteroatoms. The van der Waals surface area contributed by atoms with Crippen LogP contribution >= 0.6 is 46.4 Å². The molecule has 72 heavy (non-hydrogen) atoms. The third-order valence-electron chi connectivity index (χ3n) is 13.5. The lowest BCUT2D eigenvalue weighted by atomic mass is 9.82. The predicted molar refractivity (Wildman–Crippen MR) is 271 cm³/mol. The van der Waals surface area contributed by atoms with Crippen molar-refractivity contribution < 1.29 is 64.4 Å². The van der Waals surface area contributed by atoms with Crippen LogP contribution in [0.4, 0.5) is 17.3 Å². The molecule has 2 aromatic carbocycles. The molecule has 4 aliphatic heterocycles. The number of methoxy groups -OCH3 is 4. The molecule has 380 valence electrons. The molecule has 0 spiro atoms. The zero-order valence-corrected chi connectivity index (χ0v) is 43.7.